The van der Waals surface area contributed by atoms with Gasteiger partial charge in [0.05, 0.1) is 12.1 Å². The third kappa shape index (κ3) is 3.60. The summed E-state index contributed by atoms with van der Waals surface area (Å²) in [5, 5.41) is 11.4. The van der Waals surface area contributed by atoms with Gasteiger partial charge in [-0.15, -0.1) is 0 Å². The topological polar surface area (TPSA) is 79.5 Å². The summed E-state index contributed by atoms with van der Waals surface area (Å²) in [6.45, 7) is 0.134. The Morgan fingerprint density at radius 2 is 2.05 bits per heavy atom. The first-order chi connectivity index (χ1) is 9.47. The fourth-order valence-electron chi connectivity index (χ4n) is 1.52. The van der Waals surface area contributed by atoms with Gasteiger partial charge in [-0.25, -0.2) is 4.79 Å². The number of halogens is 2. The Labute approximate surface area is 136 Å². The van der Waals surface area contributed by atoms with E-state index >= 15 is 0 Å². The van der Waals surface area contributed by atoms with Crippen LogP contribution in [0.4, 0.5) is 0 Å². The van der Waals surface area contributed by atoms with Crippen LogP contribution >= 0.6 is 38.5 Å². The van der Waals surface area contributed by atoms with Crippen molar-refractivity contribution >= 4 is 50.4 Å². The number of nitrogens with one attached hydrogen (secondary N) is 1. The summed E-state index contributed by atoms with van der Waals surface area (Å²) in [5.41, 5.74) is 0.546. The van der Waals surface area contributed by atoms with Gasteiger partial charge in [0, 0.05) is 8.04 Å². The quantitative estimate of drug-likeness (QED) is 0.702. The highest BCUT2D eigenvalue weighted by Gasteiger charge is 2.12. The fraction of sp³-hybridized carbons (Fsp3) is 0.0769. The Morgan fingerprint density at radius 1 is 1.30 bits per heavy atom. The molecule has 0 fully saturated rings. The van der Waals surface area contributed by atoms with Crippen molar-refractivity contribution in [3.63, 3.8) is 0 Å². The van der Waals surface area contributed by atoms with Crippen LogP contribution in [0.5, 0.6) is 0 Å². The van der Waals surface area contributed by atoms with E-state index in [-0.39, 0.29) is 18.2 Å². The third-order valence-corrected chi connectivity index (χ3v) is 3.90. The van der Waals surface area contributed by atoms with Crippen LogP contribution in [0.15, 0.2) is 39.2 Å². The molecule has 0 bridgehead atoms. The summed E-state index contributed by atoms with van der Waals surface area (Å²) in [7, 11) is 0. The number of rotatable bonds is 4. The van der Waals surface area contributed by atoms with Crippen molar-refractivity contribution in [1.29, 1.82) is 0 Å². The van der Waals surface area contributed by atoms with E-state index in [0.29, 0.717) is 11.3 Å². The largest absolute Gasteiger partial charge is 0.475 e. The zero-order chi connectivity index (χ0) is 14.7. The number of amides is 1. The maximum atomic E-state index is 12.0. The molecule has 2 rings (SSSR count). The Bertz CT molecular complexity index is 668. The molecule has 1 aromatic heterocycles. The molecule has 2 N–H and O–H groups in total. The molecule has 0 spiro atoms. The van der Waals surface area contributed by atoms with Crippen molar-refractivity contribution in [3.05, 3.63) is 55.5 Å². The van der Waals surface area contributed by atoms with Gasteiger partial charge in [-0.1, -0.05) is 15.9 Å². The van der Waals surface area contributed by atoms with Gasteiger partial charge >= 0.3 is 5.97 Å². The molecule has 0 saturated carbocycles. The van der Waals surface area contributed by atoms with E-state index in [1.54, 1.807) is 6.07 Å². The number of furan rings is 1. The lowest BCUT2D eigenvalue weighted by molar-refractivity contribution is 0.0660. The van der Waals surface area contributed by atoms with Crippen LogP contribution in [0.1, 0.15) is 26.7 Å². The molecular formula is C13H9BrINO4. The number of carbonyl (C=O) groups excluding carboxylic acids is 1. The molecule has 104 valence electrons. The van der Waals surface area contributed by atoms with Crippen molar-refractivity contribution in [2.45, 2.75) is 6.54 Å². The van der Waals surface area contributed by atoms with Gasteiger partial charge in [0.25, 0.3) is 5.91 Å². The Kier molecular flexibility index (Phi) is 4.81. The number of hydrogen-bond donors (Lipinski definition) is 2. The molecule has 1 heterocycles. The monoisotopic (exact) mass is 449 g/mol. The maximum Gasteiger partial charge on any atom is 0.371 e. The standard InChI is InChI=1S/C13H9BrINO4/c14-7-1-3-10(15)9(5-7)12(17)16-6-8-2-4-11(20-8)13(18)19/h1-5H,6H2,(H,16,17)(H,18,19). The van der Waals surface area contributed by atoms with Crippen molar-refractivity contribution in [2.24, 2.45) is 0 Å². The van der Waals surface area contributed by atoms with Gasteiger partial charge in [0.1, 0.15) is 5.76 Å². The SMILES string of the molecule is O=C(O)c1ccc(CNC(=O)c2cc(Br)ccc2I)o1. The Morgan fingerprint density at radius 3 is 2.70 bits per heavy atom. The van der Waals surface area contributed by atoms with Crippen LogP contribution in [-0.4, -0.2) is 17.0 Å². The fourth-order valence-corrected chi connectivity index (χ4v) is 2.46. The Hall–Kier alpha value is -1.35. The van der Waals surface area contributed by atoms with Crippen LogP contribution in [0, 0.1) is 3.57 Å². The van der Waals surface area contributed by atoms with E-state index in [1.807, 2.05) is 12.1 Å². The summed E-state index contributed by atoms with van der Waals surface area (Å²) < 4.78 is 6.70. The first-order valence-electron chi connectivity index (χ1n) is 5.52. The molecule has 1 aromatic carbocycles. The molecule has 5 nitrogen and oxygen atoms in total. The van der Waals surface area contributed by atoms with Gasteiger partial charge < -0.3 is 14.8 Å². The second kappa shape index (κ2) is 6.40. The van der Waals surface area contributed by atoms with E-state index in [9.17, 15) is 9.59 Å². The van der Waals surface area contributed by atoms with Crippen LogP contribution in [-0.2, 0) is 6.54 Å². The van der Waals surface area contributed by atoms with E-state index < -0.39 is 5.97 Å². The van der Waals surface area contributed by atoms with Crippen LogP contribution < -0.4 is 5.32 Å². The highest BCUT2D eigenvalue weighted by molar-refractivity contribution is 14.1. The smallest absolute Gasteiger partial charge is 0.371 e. The van der Waals surface area contributed by atoms with Gasteiger partial charge in [-0.2, -0.15) is 0 Å². The minimum Gasteiger partial charge on any atom is -0.475 e. The minimum atomic E-state index is -1.14. The number of aromatic carboxylic acids is 1. The molecular weight excluding hydrogens is 441 g/mol. The molecule has 2 aromatic rings. The molecule has 0 aliphatic carbocycles. The average Bonchev–Trinajstić information content (AvgIpc) is 2.88. The van der Waals surface area contributed by atoms with Crippen molar-refractivity contribution in [2.75, 3.05) is 0 Å². The zero-order valence-electron chi connectivity index (χ0n) is 10.0. The number of carboxylic acid groups (broad SMARTS) is 1. The molecule has 0 radical (unpaired) electrons. The lowest BCUT2D eigenvalue weighted by Crippen LogP contribution is -2.23. The van der Waals surface area contributed by atoms with Crippen molar-refractivity contribution < 1.29 is 19.1 Å². The number of carboxylic acids is 1. The van der Waals surface area contributed by atoms with Gasteiger partial charge in [0.2, 0.25) is 5.76 Å². The molecule has 0 unspecified atom stereocenters. The van der Waals surface area contributed by atoms with Crippen LogP contribution in [0.3, 0.4) is 0 Å². The second-order valence-corrected chi connectivity index (χ2v) is 5.96. The van der Waals surface area contributed by atoms with Gasteiger partial charge in [-0.3, -0.25) is 4.79 Å². The number of hydrogen-bond acceptors (Lipinski definition) is 3. The third-order valence-electron chi connectivity index (χ3n) is 2.47. The highest BCUT2D eigenvalue weighted by Crippen LogP contribution is 2.18. The first-order valence-corrected chi connectivity index (χ1v) is 7.40. The van der Waals surface area contributed by atoms with Crippen molar-refractivity contribution in [1.82, 2.24) is 5.32 Å². The van der Waals surface area contributed by atoms with E-state index in [2.05, 4.69) is 43.8 Å². The molecule has 1 amide bonds. The zero-order valence-corrected chi connectivity index (χ0v) is 13.8. The summed E-state index contributed by atoms with van der Waals surface area (Å²) in [5.74, 6) is -1.14. The highest BCUT2D eigenvalue weighted by atomic mass is 127. The lowest BCUT2D eigenvalue weighted by atomic mass is 10.2. The predicted molar refractivity (Wildman–Crippen MR) is 83.7 cm³/mol. The molecule has 0 aliphatic heterocycles. The van der Waals surface area contributed by atoms with Crippen LogP contribution in [0.2, 0.25) is 0 Å². The number of carbonyl (C=O) groups is 2. The van der Waals surface area contributed by atoms with Gasteiger partial charge in [0.15, 0.2) is 0 Å². The average molecular weight is 450 g/mol. The summed E-state index contributed by atoms with van der Waals surface area (Å²) >= 11 is 5.39. The summed E-state index contributed by atoms with van der Waals surface area (Å²) in [6.07, 6.45) is 0. The van der Waals surface area contributed by atoms with Gasteiger partial charge in [-0.05, 0) is 52.9 Å². The van der Waals surface area contributed by atoms with E-state index in [0.717, 1.165) is 8.04 Å². The lowest BCUT2D eigenvalue weighted by Gasteiger charge is -2.06. The molecule has 0 atom stereocenters. The van der Waals surface area contributed by atoms with Crippen LogP contribution in [0.25, 0.3) is 0 Å². The first kappa shape index (κ1) is 15.0. The molecule has 0 aliphatic rings. The van der Waals surface area contributed by atoms with E-state index in [4.69, 9.17) is 9.52 Å². The molecule has 7 heteroatoms. The van der Waals surface area contributed by atoms with E-state index in [1.165, 1.54) is 12.1 Å². The summed E-state index contributed by atoms with van der Waals surface area (Å²) in [6, 6.07) is 8.28. The van der Waals surface area contributed by atoms with Crippen molar-refractivity contribution in [3.8, 4) is 0 Å². The summed E-state index contributed by atoms with van der Waals surface area (Å²) in [4.78, 5) is 22.7. The second-order valence-electron chi connectivity index (χ2n) is 3.88. The molecule has 20 heavy (non-hydrogen) atoms. The number of benzene rings is 1. The maximum absolute atomic E-state index is 12.0. The minimum absolute atomic E-state index is 0.134. The molecule has 0 saturated heterocycles. The Balaban J connectivity index is 2.04. The normalized spacial score (nSPS) is 10.3. The predicted octanol–water partition coefficient (Wildman–Crippen LogP) is 3.27.